The topological polar surface area (TPSA) is 76.7 Å². The van der Waals surface area contributed by atoms with Crippen molar-refractivity contribution < 1.29 is 19.1 Å². The Hall–Kier alpha value is -3.80. The molecule has 1 aliphatic rings. The third-order valence-electron chi connectivity index (χ3n) is 7.49. The van der Waals surface area contributed by atoms with Gasteiger partial charge in [-0.2, -0.15) is 0 Å². The number of carbonyl (C=O) groups is 2. The summed E-state index contributed by atoms with van der Waals surface area (Å²) in [5, 5.41) is 6.00. The maximum Gasteiger partial charge on any atom is 0.407 e. The number of hydrogen-bond donors (Lipinski definition) is 2. The van der Waals surface area contributed by atoms with Gasteiger partial charge < -0.3 is 20.1 Å². The molecular formula is C36H46N2O4. The summed E-state index contributed by atoms with van der Waals surface area (Å²) in [6, 6.07) is 24.9. The van der Waals surface area contributed by atoms with Gasteiger partial charge in [-0.3, -0.25) is 4.79 Å². The number of amides is 2. The molecule has 42 heavy (non-hydrogen) atoms. The van der Waals surface area contributed by atoms with Gasteiger partial charge in [-0.25, -0.2) is 4.79 Å². The number of fused-ring (bicyclic) bond motifs is 3. The highest BCUT2D eigenvalue weighted by molar-refractivity contribution is 5.79. The number of nitrogens with one attached hydrogen (secondary N) is 2. The Balaban J connectivity index is 1.03. The van der Waals surface area contributed by atoms with Gasteiger partial charge in [0.25, 0.3) is 0 Å². The fourth-order valence-electron chi connectivity index (χ4n) is 5.58. The van der Waals surface area contributed by atoms with Crippen LogP contribution < -0.4 is 15.4 Å². The Bertz CT molecular complexity index is 1270. The number of hydrogen-bond acceptors (Lipinski definition) is 4. The summed E-state index contributed by atoms with van der Waals surface area (Å²) in [5.41, 5.74) is 5.84. The summed E-state index contributed by atoms with van der Waals surface area (Å²) in [6.07, 6.45) is 5.79. The van der Waals surface area contributed by atoms with E-state index in [1.807, 2.05) is 64.1 Å². The fourth-order valence-corrected chi connectivity index (χ4v) is 5.58. The zero-order valence-corrected chi connectivity index (χ0v) is 25.6. The standard InChI is InChI=1S/C36H46N2O4/c1-26(24-27-19-21-28(22-20-27)42-36(2,3)4)38-34(39)18-8-6-5-7-13-23-37-35(40)41-25-33-31-16-11-9-14-29(31)30-15-10-12-17-32(30)33/h9-12,14-17,19-22,26,33H,5-8,13,18,23-25H2,1-4H3,(H,37,40)(H,38,39). The van der Waals surface area contributed by atoms with Crippen LogP contribution in [0.5, 0.6) is 5.75 Å². The predicted molar refractivity (Wildman–Crippen MR) is 169 cm³/mol. The minimum atomic E-state index is -0.364. The average molecular weight is 571 g/mol. The molecule has 0 radical (unpaired) electrons. The molecule has 6 heteroatoms. The Kier molecular flexibility index (Phi) is 11.0. The molecule has 0 bridgehead atoms. The van der Waals surface area contributed by atoms with Crippen LogP contribution in [0.15, 0.2) is 72.8 Å². The molecule has 3 aromatic rings. The van der Waals surface area contributed by atoms with Crippen LogP contribution in [0.3, 0.4) is 0 Å². The number of benzene rings is 3. The van der Waals surface area contributed by atoms with Crippen LogP contribution in [0.4, 0.5) is 4.79 Å². The van der Waals surface area contributed by atoms with Crippen molar-refractivity contribution in [2.45, 2.75) is 90.2 Å². The Morgan fingerprint density at radius 2 is 1.40 bits per heavy atom. The molecule has 3 aromatic carbocycles. The van der Waals surface area contributed by atoms with Crippen molar-refractivity contribution in [2.75, 3.05) is 13.2 Å². The first-order chi connectivity index (χ1) is 20.2. The molecule has 0 heterocycles. The van der Waals surface area contributed by atoms with E-state index in [4.69, 9.17) is 9.47 Å². The first kappa shape index (κ1) is 31.1. The van der Waals surface area contributed by atoms with Crippen molar-refractivity contribution >= 4 is 12.0 Å². The number of rotatable bonds is 14. The van der Waals surface area contributed by atoms with E-state index in [0.717, 1.165) is 44.3 Å². The number of alkyl carbamates (subject to hydrolysis) is 1. The molecule has 0 fully saturated rings. The van der Waals surface area contributed by atoms with E-state index in [-0.39, 0.29) is 29.6 Å². The summed E-state index contributed by atoms with van der Waals surface area (Å²) >= 11 is 0. The van der Waals surface area contributed by atoms with Gasteiger partial charge in [-0.1, -0.05) is 79.9 Å². The van der Waals surface area contributed by atoms with Gasteiger partial charge in [0, 0.05) is 24.9 Å². The molecular weight excluding hydrogens is 524 g/mol. The maximum atomic E-state index is 12.4. The lowest BCUT2D eigenvalue weighted by molar-refractivity contribution is -0.121. The minimum absolute atomic E-state index is 0.0726. The molecule has 2 N–H and O–H groups in total. The molecule has 0 spiro atoms. The first-order valence-electron chi connectivity index (χ1n) is 15.4. The van der Waals surface area contributed by atoms with Gasteiger partial charge in [-0.05, 0) is 86.9 Å². The van der Waals surface area contributed by atoms with E-state index >= 15 is 0 Å². The molecule has 1 atom stereocenters. The highest BCUT2D eigenvalue weighted by Crippen LogP contribution is 2.44. The van der Waals surface area contributed by atoms with Crippen LogP contribution in [0, 0.1) is 0 Å². The van der Waals surface area contributed by atoms with Gasteiger partial charge in [0.1, 0.15) is 18.0 Å². The van der Waals surface area contributed by atoms with Crippen LogP contribution in [0.2, 0.25) is 0 Å². The van der Waals surface area contributed by atoms with E-state index in [2.05, 4.69) is 47.0 Å². The fraction of sp³-hybridized carbons (Fsp3) is 0.444. The quantitative estimate of drug-likeness (QED) is 0.194. The minimum Gasteiger partial charge on any atom is -0.488 e. The normalized spacial score (nSPS) is 13.1. The predicted octanol–water partition coefficient (Wildman–Crippen LogP) is 7.79. The molecule has 0 saturated carbocycles. The Labute approximate surface area is 251 Å². The van der Waals surface area contributed by atoms with Crippen LogP contribution in [0.1, 0.15) is 88.8 Å². The highest BCUT2D eigenvalue weighted by Gasteiger charge is 2.28. The first-order valence-corrected chi connectivity index (χ1v) is 15.4. The number of ether oxygens (including phenoxy) is 2. The number of carbonyl (C=O) groups excluding carboxylic acids is 2. The second-order valence-corrected chi connectivity index (χ2v) is 12.3. The molecule has 1 unspecified atom stereocenters. The van der Waals surface area contributed by atoms with Gasteiger partial charge in [0.2, 0.25) is 5.91 Å². The van der Waals surface area contributed by atoms with Crippen LogP contribution >= 0.6 is 0 Å². The highest BCUT2D eigenvalue weighted by atomic mass is 16.5. The zero-order chi connectivity index (χ0) is 30.0. The van der Waals surface area contributed by atoms with Crippen molar-refractivity contribution in [3.63, 3.8) is 0 Å². The lowest BCUT2D eigenvalue weighted by atomic mass is 9.98. The van der Waals surface area contributed by atoms with Crippen LogP contribution in [-0.2, 0) is 16.0 Å². The van der Waals surface area contributed by atoms with Crippen LogP contribution in [0.25, 0.3) is 11.1 Å². The lowest BCUT2D eigenvalue weighted by Crippen LogP contribution is -2.33. The third kappa shape index (κ3) is 9.37. The Morgan fingerprint density at radius 1 is 0.810 bits per heavy atom. The van der Waals surface area contributed by atoms with Gasteiger partial charge in [0.05, 0.1) is 0 Å². The van der Waals surface area contributed by atoms with E-state index in [0.29, 0.717) is 19.6 Å². The molecule has 1 aliphatic carbocycles. The average Bonchev–Trinajstić information content (AvgIpc) is 3.27. The van der Waals surface area contributed by atoms with Gasteiger partial charge in [0.15, 0.2) is 0 Å². The molecule has 0 aliphatic heterocycles. The van der Waals surface area contributed by atoms with Crippen molar-refractivity contribution in [1.29, 1.82) is 0 Å². The van der Waals surface area contributed by atoms with Crippen molar-refractivity contribution in [3.05, 3.63) is 89.5 Å². The van der Waals surface area contributed by atoms with Crippen molar-refractivity contribution in [2.24, 2.45) is 0 Å². The van der Waals surface area contributed by atoms with Crippen molar-refractivity contribution in [3.8, 4) is 16.9 Å². The molecule has 224 valence electrons. The maximum absolute atomic E-state index is 12.4. The third-order valence-corrected chi connectivity index (χ3v) is 7.49. The second kappa shape index (κ2) is 14.9. The van der Waals surface area contributed by atoms with Crippen LogP contribution in [-0.4, -0.2) is 36.8 Å². The summed E-state index contributed by atoms with van der Waals surface area (Å²) in [6.45, 7) is 9.07. The van der Waals surface area contributed by atoms with Crippen molar-refractivity contribution in [1.82, 2.24) is 10.6 Å². The Morgan fingerprint density at radius 3 is 2.05 bits per heavy atom. The summed E-state index contributed by atoms with van der Waals surface area (Å²) in [4.78, 5) is 24.7. The van der Waals surface area contributed by atoms with Gasteiger partial charge in [-0.15, -0.1) is 0 Å². The molecule has 0 aromatic heterocycles. The monoisotopic (exact) mass is 570 g/mol. The molecule has 0 saturated heterocycles. The second-order valence-electron chi connectivity index (χ2n) is 12.3. The molecule has 4 rings (SSSR count). The summed E-state index contributed by atoms with van der Waals surface area (Å²) in [5.74, 6) is 1.03. The largest absolute Gasteiger partial charge is 0.488 e. The van der Waals surface area contributed by atoms with Gasteiger partial charge >= 0.3 is 6.09 Å². The van der Waals surface area contributed by atoms with E-state index in [9.17, 15) is 9.59 Å². The van der Waals surface area contributed by atoms with E-state index in [1.165, 1.54) is 27.8 Å². The number of unbranched alkanes of at least 4 members (excludes halogenated alkanes) is 4. The lowest BCUT2D eigenvalue weighted by Gasteiger charge is -2.21. The summed E-state index contributed by atoms with van der Waals surface area (Å²) in [7, 11) is 0. The zero-order valence-electron chi connectivity index (χ0n) is 25.6. The van der Waals surface area contributed by atoms with E-state index < -0.39 is 0 Å². The summed E-state index contributed by atoms with van der Waals surface area (Å²) < 4.78 is 11.5. The van der Waals surface area contributed by atoms with E-state index in [1.54, 1.807) is 0 Å². The molecule has 6 nitrogen and oxygen atoms in total. The molecule has 2 amide bonds. The SMILES string of the molecule is CC(Cc1ccc(OC(C)(C)C)cc1)NC(=O)CCCCCCCNC(=O)OCC1c2ccccc2-c2ccccc21. The smallest absolute Gasteiger partial charge is 0.407 e.